The minimum Gasteiger partial charge on any atom is -0.372 e. The van der Waals surface area contributed by atoms with Crippen molar-refractivity contribution in [3.63, 3.8) is 0 Å². The Bertz CT molecular complexity index is 659. The Kier molecular flexibility index (Phi) is 4.86. The topological polar surface area (TPSA) is 37.8 Å². The van der Waals surface area contributed by atoms with Gasteiger partial charge in [-0.2, -0.15) is 0 Å². The van der Waals surface area contributed by atoms with Gasteiger partial charge in [0.1, 0.15) is 11.6 Å². The second-order valence-electron chi connectivity index (χ2n) is 4.96. The molecule has 0 bridgehead atoms. The van der Waals surface area contributed by atoms with Crippen LogP contribution in [0, 0.1) is 0 Å². The van der Waals surface area contributed by atoms with E-state index in [4.69, 9.17) is 4.98 Å². The summed E-state index contributed by atoms with van der Waals surface area (Å²) in [5.41, 5.74) is 1.15. The van der Waals surface area contributed by atoms with Gasteiger partial charge in [0.25, 0.3) is 0 Å². The molecule has 6 heteroatoms. The van der Waals surface area contributed by atoms with Crippen molar-refractivity contribution in [2.75, 3.05) is 12.4 Å². The highest BCUT2D eigenvalue weighted by molar-refractivity contribution is 9.11. The van der Waals surface area contributed by atoms with E-state index < -0.39 is 0 Å². The van der Waals surface area contributed by atoms with Gasteiger partial charge in [-0.05, 0) is 47.0 Å². The molecular formula is C15H15Br2N3S. The SMILES string of the molecule is CNc1nc(CSc2cccc(Br)c2)nc(C2CC2)c1Br. The molecule has 0 atom stereocenters. The zero-order chi connectivity index (χ0) is 14.8. The average molecular weight is 429 g/mol. The molecular weight excluding hydrogens is 414 g/mol. The van der Waals surface area contributed by atoms with Crippen LogP contribution in [0.1, 0.15) is 30.3 Å². The number of nitrogens with one attached hydrogen (secondary N) is 1. The van der Waals surface area contributed by atoms with E-state index in [2.05, 4.69) is 54.3 Å². The summed E-state index contributed by atoms with van der Waals surface area (Å²) in [6, 6.07) is 8.30. The Morgan fingerprint density at radius 1 is 1.29 bits per heavy atom. The van der Waals surface area contributed by atoms with Crippen molar-refractivity contribution < 1.29 is 0 Å². The molecule has 0 aliphatic heterocycles. The molecule has 1 aliphatic rings. The van der Waals surface area contributed by atoms with Crippen LogP contribution in [-0.4, -0.2) is 17.0 Å². The fourth-order valence-corrected chi connectivity index (χ4v) is 4.13. The van der Waals surface area contributed by atoms with Crippen LogP contribution in [0.5, 0.6) is 0 Å². The molecule has 0 radical (unpaired) electrons. The maximum absolute atomic E-state index is 4.75. The second-order valence-corrected chi connectivity index (χ2v) is 7.72. The molecule has 1 fully saturated rings. The summed E-state index contributed by atoms with van der Waals surface area (Å²) in [6.45, 7) is 0. The van der Waals surface area contributed by atoms with Crippen LogP contribution in [0.2, 0.25) is 0 Å². The third-order valence-electron chi connectivity index (χ3n) is 3.29. The number of benzene rings is 1. The summed E-state index contributed by atoms with van der Waals surface area (Å²) < 4.78 is 2.11. The van der Waals surface area contributed by atoms with Crippen molar-refractivity contribution in [3.05, 3.63) is 44.7 Å². The summed E-state index contributed by atoms with van der Waals surface area (Å²) in [6.07, 6.45) is 2.47. The average Bonchev–Trinajstić information content (AvgIpc) is 3.31. The van der Waals surface area contributed by atoms with E-state index in [1.165, 1.54) is 17.7 Å². The van der Waals surface area contributed by atoms with Gasteiger partial charge in [-0.25, -0.2) is 9.97 Å². The molecule has 3 nitrogen and oxygen atoms in total. The Morgan fingerprint density at radius 2 is 2.10 bits per heavy atom. The lowest BCUT2D eigenvalue weighted by atomic mass is 10.2. The standard InChI is InChI=1S/C15H15Br2N3S/c1-18-15-13(17)14(9-5-6-9)19-12(20-15)8-21-11-4-2-3-10(16)7-11/h2-4,7,9H,5-6,8H2,1H3,(H,18,19,20). The first kappa shape index (κ1) is 15.3. The Labute approximate surface area is 145 Å². The molecule has 0 spiro atoms. The number of anilines is 1. The number of hydrogen-bond donors (Lipinski definition) is 1. The molecule has 110 valence electrons. The van der Waals surface area contributed by atoms with Gasteiger partial charge >= 0.3 is 0 Å². The largest absolute Gasteiger partial charge is 0.372 e. The van der Waals surface area contributed by atoms with Crippen LogP contribution < -0.4 is 5.32 Å². The van der Waals surface area contributed by atoms with Gasteiger partial charge in [0.05, 0.1) is 15.9 Å². The van der Waals surface area contributed by atoms with E-state index >= 15 is 0 Å². The van der Waals surface area contributed by atoms with Crippen LogP contribution >= 0.6 is 43.6 Å². The van der Waals surface area contributed by atoms with Gasteiger partial charge in [-0.15, -0.1) is 11.8 Å². The number of halogens is 2. The minimum atomic E-state index is 0.601. The highest BCUT2D eigenvalue weighted by Gasteiger charge is 2.29. The van der Waals surface area contributed by atoms with Crippen LogP contribution in [0.3, 0.4) is 0 Å². The van der Waals surface area contributed by atoms with Gasteiger partial charge in [0.2, 0.25) is 0 Å². The second kappa shape index (κ2) is 6.67. The lowest BCUT2D eigenvalue weighted by Crippen LogP contribution is -2.04. The monoisotopic (exact) mass is 427 g/mol. The zero-order valence-electron chi connectivity index (χ0n) is 11.6. The summed E-state index contributed by atoms with van der Waals surface area (Å²) in [4.78, 5) is 10.6. The van der Waals surface area contributed by atoms with Gasteiger partial charge in [-0.1, -0.05) is 22.0 Å². The van der Waals surface area contributed by atoms with Crippen molar-refractivity contribution in [3.8, 4) is 0 Å². The van der Waals surface area contributed by atoms with Crippen molar-refractivity contribution in [2.45, 2.75) is 29.4 Å². The number of nitrogens with zero attached hydrogens (tertiary/aromatic N) is 2. The smallest absolute Gasteiger partial charge is 0.144 e. The van der Waals surface area contributed by atoms with Gasteiger partial charge in [0.15, 0.2) is 0 Å². The van der Waals surface area contributed by atoms with E-state index in [0.29, 0.717) is 5.92 Å². The summed E-state index contributed by atoms with van der Waals surface area (Å²) in [5.74, 6) is 3.15. The van der Waals surface area contributed by atoms with Crippen molar-refractivity contribution in [2.24, 2.45) is 0 Å². The minimum absolute atomic E-state index is 0.601. The molecule has 0 unspecified atom stereocenters. The Morgan fingerprint density at radius 3 is 2.76 bits per heavy atom. The van der Waals surface area contributed by atoms with Crippen molar-refractivity contribution in [1.29, 1.82) is 0 Å². The molecule has 1 saturated carbocycles. The van der Waals surface area contributed by atoms with E-state index in [0.717, 1.165) is 32.0 Å². The van der Waals surface area contributed by atoms with Crippen LogP contribution in [0.4, 0.5) is 5.82 Å². The van der Waals surface area contributed by atoms with Crippen LogP contribution in [-0.2, 0) is 5.75 Å². The van der Waals surface area contributed by atoms with E-state index in [1.807, 2.05) is 19.2 Å². The summed E-state index contributed by atoms with van der Waals surface area (Å²) in [7, 11) is 1.90. The molecule has 3 rings (SSSR count). The third kappa shape index (κ3) is 3.79. The fraction of sp³-hybridized carbons (Fsp3) is 0.333. The lowest BCUT2D eigenvalue weighted by Gasteiger charge is -2.10. The summed E-state index contributed by atoms with van der Waals surface area (Å²) >= 11 is 8.88. The maximum Gasteiger partial charge on any atom is 0.144 e. The van der Waals surface area contributed by atoms with E-state index in [9.17, 15) is 0 Å². The Hall–Kier alpha value is -0.590. The van der Waals surface area contributed by atoms with Gasteiger partial charge in [0, 0.05) is 22.3 Å². The molecule has 1 N–H and O–H groups in total. The number of thioether (sulfide) groups is 1. The Balaban J connectivity index is 1.80. The van der Waals surface area contributed by atoms with E-state index in [1.54, 1.807) is 11.8 Å². The molecule has 2 aromatic rings. The van der Waals surface area contributed by atoms with Crippen LogP contribution in [0.15, 0.2) is 38.1 Å². The molecule has 1 heterocycles. The normalized spacial score (nSPS) is 14.2. The molecule has 0 saturated heterocycles. The third-order valence-corrected chi connectivity index (χ3v) is 5.55. The first-order valence-corrected chi connectivity index (χ1v) is 9.37. The number of aromatic nitrogens is 2. The number of hydrogen-bond acceptors (Lipinski definition) is 4. The van der Waals surface area contributed by atoms with Gasteiger partial charge < -0.3 is 5.32 Å². The van der Waals surface area contributed by atoms with Crippen molar-refractivity contribution in [1.82, 2.24) is 9.97 Å². The molecule has 0 amide bonds. The number of rotatable bonds is 5. The molecule has 21 heavy (non-hydrogen) atoms. The van der Waals surface area contributed by atoms with Gasteiger partial charge in [-0.3, -0.25) is 0 Å². The highest BCUT2D eigenvalue weighted by Crippen LogP contribution is 2.44. The summed E-state index contributed by atoms with van der Waals surface area (Å²) in [5, 5.41) is 3.15. The maximum atomic E-state index is 4.75. The highest BCUT2D eigenvalue weighted by atomic mass is 79.9. The van der Waals surface area contributed by atoms with Crippen LogP contribution in [0.25, 0.3) is 0 Å². The molecule has 1 aromatic carbocycles. The van der Waals surface area contributed by atoms with E-state index in [-0.39, 0.29) is 0 Å². The first-order chi connectivity index (χ1) is 10.2. The zero-order valence-corrected chi connectivity index (χ0v) is 15.6. The predicted molar refractivity (Wildman–Crippen MR) is 95.0 cm³/mol. The van der Waals surface area contributed by atoms with Crippen molar-refractivity contribution >= 4 is 49.4 Å². The lowest BCUT2D eigenvalue weighted by molar-refractivity contribution is 0.922. The molecule has 1 aliphatic carbocycles. The molecule has 1 aromatic heterocycles. The quantitative estimate of drug-likeness (QED) is 0.663. The fourth-order valence-electron chi connectivity index (χ4n) is 2.07. The first-order valence-electron chi connectivity index (χ1n) is 6.80. The predicted octanol–water partition coefficient (Wildman–Crippen LogP) is 5.21.